The van der Waals surface area contributed by atoms with Gasteiger partial charge in [0, 0.05) is 42.5 Å². The second kappa shape index (κ2) is 10.1. The third-order valence-corrected chi connectivity index (χ3v) is 6.39. The lowest BCUT2D eigenvalue weighted by Crippen LogP contribution is -2.49. The Kier molecular flexibility index (Phi) is 6.55. The molecule has 1 aliphatic heterocycles. The van der Waals surface area contributed by atoms with Gasteiger partial charge in [0.15, 0.2) is 0 Å². The van der Waals surface area contributed by atoms with Gasteiger partial charge < -0.3 is 15.1 Å². The Morgan fingerprint density at radius 2 is 1.74 bits per heavy atom. The molecule has 4 aromatic rings. The summed E-state index contributed by atoms with van der Waals surface area (Å²) < 4.78 is 0. The van der Waals surface area contributed by atoms with E-state index in [1.807, 2.05) is 65.6 Å². The molecular formula is C29H29N5O. The molecule has 1 aromatic heterocycles. The Hall–Kier alpha value is -4.03. The number of hydrogen-bond acceptors (Lipinski definition) is 5. The van der Waals surface area contributed by atoms with Crippen molar-refractivity contribution in [2.45, 2.75) is 13.0 Å². The first kappa shape index (κ1) is 22.7. The standard InChI is InChI=1S/C29H29N5O/c1-21-8-6-11-23(16-21)26-18-28(31-20-30-26)32-25-13-7-12-24(17-25)29(35)34-15-14-33(2)19-27(34)22-9-4-3-5-10-22/h3-13,16-18,20,27H,14-15,19H2,1-2H3,(H,30,31,32)/t27-/m0/s1. The summed E-state index contributed by atoms with van der Waals surface area (Å²) in [6.07, 6.45) is 1.56. The Morgan fingerprint density at radius 3 is 2.57 bits per heavy atom. The highest BCUT2D eigenvalue weighted by atomic mass is 16.2. The summed E-state index contributed by atoms with van der Waals surface area (Å²) in [6.45, 7) is 4.43. The number of carbonyl (C=O) groups excluding carboxylic acids is 1. The average Bonchev–Trinajstić information content (AvgIpc) is 2.89. The molecule has 1 N–H and O–H groups in total. The lowest BCUT2D eigenvalue weighted by atomic mass is 10.0. The van der Waals surface area contributed by atoms with Gasteiger partial charge in [0.1, 0.15) is 12.1 Å². The highest BCUT2D eigenvalue weighted by Gasteiger charge is 2.30. The van der Waals surface area contributed by atoms with Crippen molar-refractivity contribution in [1.29, 1.82) is 0 Å². The topological polar surface area (TPSA) is 61.4 Å². The zero-order valence-corrected chi connectivity index (χ0v) is 20.1. The van der Waals surface area contributed by atoms with Gasteiger partial charge in [-0.05, 0) is 43.8 Å². The third-order valence-electron chi connectivity index (χ3n) is 6.39. The molecule has 0 radical (unpaired) electrons. The zero-order valence-electron chi connectivity index (χ0n) is 20.1. The minimum atomic E-state index is 0.0258. The van der Waals surface area contributed by atoms with E-state index in [0.29, 0.717) is 17.9 Å². The Bertz CT molecular complexity index is 1320. The van der Waals surface area contributed by atoms with Gasteiger partial charge >= 0.3 is 0 Å². The van der Waals surface area contributed by atoms with Crippen molar-refractivity contribution in [1.82, 2.24) is 19.8 Å². The van der Waals surface area contributed by atoms with Crippen LogP contribution in [0.4, 0.5) is 11.5 Å². The molecule has 0 aliphatic carbocycles. The number of anilines is 2. The smallest absolute Gasteiger partial charge is 0.254 e. The number of rotatable bonds is 5. The SMILES string of the molecule is Cc1cccc(-c2cc(Nc3cccc(C(=O)N4CCN(C)C[C@H]4c4ccccc4)c3)ncn2)c1. The molecule has 176 valence electrons. The van der Waals surface area contributed by atoms with Gasteiger partial charge in [-0.1, -0.05) is 60.2 Å². The largest absolute Gasteiger partial charge is 0.340 e. The van der Waals surface area contributed by atoms with Crippen molar-refractivity contribution in [3.63, 3.8) is 0 Å². The van der Waals surface area contributed by atoms with Crippen molar-refractivity contribution in [2.24, 2.45) is 0 Å². The zero-order chi connectivity index (χ0) is 24.2. The number of aryl methyl sites for hydroxylation is 1. The maximum absolute atomic E-state index is 13.6. The monoisotopic (exact) mass is 463 g/mol. The van der Waals surface area contributed by atoms with Crippen molar-refractivity contribution in [3.05, 3.63) is 108 Å². The van der Waals surface area contributed by atoms with E-state index >= 15 is 0 Å². The van der Waals surface area contributed by atoms with Gasteiger partial charge in [-0.15, -0.1) is 0 Å². The second-order valence-electron chi connectivity index (χ2n) is 9.05. The number of nitrogens with one attached hydrogen (secondary N) is 1. The molecule has 2 heterocycles. The van der Waals surface area contributed by atoms with E-state index in [2.05, 4.69) is 58.4 Å². The van der Waals surface area contributed by atoms with Crippen LogP contribution in [0.5, 0.6) is 0 Å². The molecule has 35 heavy (non-hydrogen) atoms. The molecule has 6 heteroatoms. The molecule has 0 bridgehead atoms. The molecule has 1 fully saturated rings. The second-order valence-corrected chi connectivity index (χ2v) is 9.05. The van der Waals surface area contributed by atoms with Gasteiger partial charge in [-0.25, -0.2) is 9.97 Å². The van der Waals surface area contributed by atoms with Gasteiger partial charge in [0.05, 0.1) is 11.7 Å². The first-order chi connectivity index (χ1) is 17.1. The highest BCUT2D eigenvalue weighted by Crippen LogP contribution is 2.28. The van der Waals surface area contributed by atoms with E-state index in [1.54, 1.807) is 6.33 Å². The van der Waals surface area contributed by atoms with Crippen molar-refractivity contribution in [2.75, 3.05) is 32.0 Å². The minimum absolute atomic E-state index is 0.0258. The number of likely N-dealkylation sites (N-methyl/N-ethyl adjacent to an activating group) is 1. The van der Waals surface area contributed by atoms with Crippen LogP contribution in [-0.4, -0.2) is 52.4 Å². The summed E-state index contributed by atoms with van der Waals surface area (Å²) in [5, 5.41) is 3.35. The molecule has 1 saturated heterocycles. The van der Waals surface area contributed by atoms with Crippen molar-refractivity contribution in [3.8, 4) is 11.3 Å². The maximum Gasteiger partial charge on any atom is 0.254 e. The van der Waals surface area contributed by atoms with Crippen molar-refractivity contribution < 1.29 is 4.79 Å². The van der Waals surface area contributed by atoms with Crippen LogP contribution >= 0.6 is 0 Å². The normalized spacial score (nSPS) is 16.2. The van der Waals surface area contributed by atoms with Gasteiger partial charge in [-0.3, -0.25) is 4.79 Å². The van der Waals surface area contributed by atoms with Crippen LogP contribution in [0.2, 0.25) is 0 Å². The number of nitrogens with zero attached hydrogens (tertiary/aromatic N) is 4. The summed E-state index contributed by atoms with van der Waals surface area (Å²) in [5.41, 5.74) is 5.71. The molecule has 6 nitrogen and oxygen atoms in total. The summed E-state index contributed by atoms with van der Waals surface area (Å²) >= 11 is 0. The van der Waals surface area contributed by atoms with E-state index in [9.17, 15) is 4.79 Å². The predicted molar refractivity (Wildman–Crippen MR) is 140 cm³/mol. The lowest BCUT2D eigenvalue weighted by molar-refractivity contribution is 0.0498. The summed E-state index contributed by atoms with van der Waals surface area (Å²) in [4.78, 5) is 26.7. The molecule has 0 spiro atoms. The van der Waals surface area contributed by atoms with Gasteiger partial charge in [0.25, 0.3) is 5.91 Å². The fraction of sp³-hybridized carbons (Fsp3) is 0.207. The molecule has 1 aliphatic rings. The van der Waals surface area contributed by atoms with Crippen LogP contribution in [-0.2, 0) is 0 Å². The summed E-state index contributed by atoms with van der Waals surface area (Å²) in [5.74, 6) is 0.724. The van der Waals surface area contributed by atoms with E-state index in [-0.39, 0.29) is 11.9 Å². The number of hydrogen-bond donors (Lipinski definition) is 1. The van der Waals surface area contributed by atoms with Crippen LogP contribution in [0.3, 0.4) is 0 Å². The molecular weight excluding hydrogens is 434 g/mol. The van der Waals surface area contributed by atoms with Gasteiger partial charge in [0.2, 0.25) is 0 Å². The van der Waals surface area contributed by atoms with E-state index in [0.717, 1.165) is 35.6 Å². The molecule has 5 rings (SSSR count). The Morgan fingerprint density at radius 1 is 0.914 bits per heavy atom. The van der Waals surface area contributed by atoms with Crippen LogP contribution in [0.1, 0.15) is 27.5 Å². The minimum Gasteiger partial charge on any atom is -0.340 e. The third kappa shape index (κ3) is 5.23. The Balaban J connectivity index is 1.37. The van der Waals surface area contributed by atoms with E-state index in [1.165, 1.54) is 5.56 Å². The first-order valence-electron chi connectivity index (χ1n) is 11.9. The highest BCUT2D eigenvalue weighted by molar-refractivity contribution is 5.95. The number of benzene rings is 3. The maximum atomic E-state index is 13.6. The van der Waals surface area contributed by atoms with Crippen LogP contribution in [0.15, 0.2) is 91.3 Å². The van der Waals surface area contributed by atoms with Crippen LogP contribution < -0.4 is 5.32 Å². The molecule has 1 amide bonds. The molecule has 0 unspecified atom stereocenters. The average molecular weight is 464 g/mol. The Labute approximate surface area is 206 Å². The quantitative estimate of drug-likeness (QED) is 0.434. The lowest BCUT2D eigenvalue weighted by Gasteiger charge is -2.40. The van der Waals surface area contributed by atoms with E-state index < -0.39 is 0 Å². The molecule has 1 atom stereocenters. The predicted octanol–water partition coefficient (Wildman–Crippen LogP) is 5.32. The van der Waals surface area contributed by atoms with Gasteiger partial charge in [-0.2, -0.15) is 0 Å². The molecule has 3 aromatic carbocycles. The fourth-order valence-corrected chi connectivity index (χ4v) is 4.55. The van der Waals surface area contributed by atoms with Crippen LogP contribution in [0, 0.1) is 6.92 Å². The van der Waals surface area contributed by atoms with Crippen molar-refractivity contribution >= 4 is 17.4 Å². The number of amides is 1. The van der Waals surface area contributed by atoms with E-state index in [4.69, 9.17) is 0 Å². The number of aromatic nitrogens is 2. The fourth-order valence-electron chi connectivity index (χ4n) is 4.55. The van der Waals surface area contributed by atoms with Crippen LogP contribution in [0.25, 0.3) is 11.3 Å². The summed E-state index contributed by atoms with van der Waals surface area (Å²) in [7, 11) is 2.11. The summed E-state index contributed by atoms with van der Waals surface area (Å²) in [6, 6.07) is 28.1. The first-order valence-corrected chi connectivity index (χ1v) is 11.9. The number of piperazine rings is 1. The number of carbonyl (C=O) groups is 1. The molecule has 0 saturated carbocycles.